The van der Waals surface area contributed by atoms with E-state index in [2.05, 4.69) is 25.3 Å². The maximum absolute atomic E-state index is 13.2. The van der Waals surface area contributed by atoms with E-state index in [1.807, 2.05) is 56.4 Å². The van der Waals surface area contributed by atoms with E-state index >= 15 is 0 Å². The van der Waals surface area contributed by atoms with E-state index in [0.717, 1.165) is 34.3 Å². The zero-order chi connectivity index (χ0) is 22.4. The van der Waals surface area contributed by atoms with Crippen LogP contribution in [0.25, 0.3) is 16.9 Å². The fourth-order valence-electron chi connectivity index (χ4n) is 3.88. The largest absolute Gasteiger partial charge is 0.497 e. The lowest BCUT2D eigenvalue weighted by molar-refractivity contribution is 0.0694. The highest BCUT2D eigenvalue weighted by atomic mass is 16.5. The Kier molecular flexibility index (Phi) is 4.76. The van der Waals surface area contributed by atoms with Gasteiger partial charge >= 0.3 is 0 Å². The third-order valence-corrected chi connectivity index (χ3v) is 5.92. The van der Waals surface area contributed by atoms with Gasteiger partial charge in [-0.3, -0.25) is 9.48 Å². The highest BCUT2D eigenvalue weighted by molar-refractivity contribution is 5.94. The van der Waals surface area contributed by atoms with Crippen LogP contribution in [-0.2, 0) is 7.05 Å². The average molecular weight is 432 g/mol. The molecular weight excluding hydrogens is 408 g/mol. The van der Waals surface area contributed by atoms with Crippen LogP contribution < -0.4 is 9.64 Å². The van der Waals surface area contributed by atoms with E-state index in [4.69, 9.17) is 4.74 Å². The number of benzene rings is 1. The molecule has 0 saturated carbocycles. The lowest BCUT2D eigenvalue weighted by Gasteiger charge is -2.44. The van der Waals surface area contributed by atoms with E-state index in [-0.39, 0.29) is 11.9 Å². The fraction of sp³-hybridized carbons (Fsp3) is 0.318. The molecule has 1 amide bonds. The summed E-state index contributed by atoms with van der Waals surface area (Å²) in [4.78, 5) is 17.1. The van der Waals surface area contributed by atoms with E-state index < -0.39 is 0 Å². The number of rotatable bonds is 5. The maximum atomic E-state index is 13.2. The van der Waals surface area contributed by atoms with Gasteiger partial charge in [0.05, 0.1) is 18.8 Å². The normalized spacial score (nSPS) is 13.9. The van der Waals surface area contributed by atoms with Crippen molar-refractivity contribution in [2.24, 2.45) is 7.05 Å². The average Bonchev–Trinajstić information content (AvgIpc) is 3.35. The molecule has 1 saturated heterocycles. The molecule has 0 spiro atoms. The number of carbonyl (C=O) groups is 1. The second-order valence-corrected chi connectivity index (χ2v) is 7.95. The van der Waals surface area contributed by atoms with Gasteiger partial charge in [0.2, 0.25) is 0 Å². The van der Waals surface area contributed by atoms with Gasteiger partial charge < -0.3 is 14.5 Å². The number of amides is 1. The molecule has 10 heteroatoms. The Morgan fingerprint density at radius 2 is 1.94 bits per heavy atom. The lowest BCUT2D eigenvalue weighted by Crippen LogP contribution is -2.60. The second kappa shape index (κ2) is 7.63. The van der Waals surface area contributed by atoms with E-state index in [1.165, 1.54) is 0 Å². The third-order valence-electron chi connectivity index (χ3n) is 5.92. The Bertz CT molecular complexity index is 1300. The number of hydrogen-bond acceptors (Lipinski definition) is 7. The van der Waals surface area contributed by atoms with Gasteiger partial charge in [0, 0.05) is 32.7 Å². The van der Waals surface area contributed by atoms with Gasteiger partial charge in [-0.1, -0.05) is 12.1 Å². The highest BCUT2D eigenvalue weighted by Gasteiger charge is 2.34. The number of nitrogens with zero attached hydrogens (tertiary/aromatic N) is 8. The van der Waals surface area contributed by atoms with Gasteiger partial charge in [0.1, 0.15) is 17.3 Å². The summed E-state index contributed by atoms with van der Waals surface area (Å²) in [5.74, 6) is 2.28. The third kappa shape index (κ3) is 3.33. The summed E-state index contributed by atoms with van der Waals surface area (Å²) in [5.41, 5.74) is 2.91. The summed E-state index contributed by atoms with van der Waals surface area (Å²) in [6, 6.07) is 13.4. The Morgan fingerprint density at radius 1 is 1.12 bits per heavy atom. The van der Waals surface area contributed by atoms with Crippen molar-refractivity contribution in [2.75, 3.05) is 32.1 Å². The monoisotopic (exact) mass is 432 g/mol. The van der Waals surface area contributed by atoms with E-state index in [1.54, 1.807) is 28.3 Å². The van der Waals surface area contributed by atoms with E-state index in [0.29, 0.717) is 18.8 Å². The zero-order valence-corrected chi connectivity index (χ0v) is 18.4. The first-order valence-electron chi connectivity index (χ1n) is 10.3. The minimum atomic E-state index is -0.0585. The molecule has 1 aliphatic rings. The predicted molar refractivity (Wildman–Crippen MR) is 119 cm³/mol. The molecular formula is C22H24N8O2. The van der Waals surface area contributed by atoms with Crippen LogP contribution in [0, 0.1) is 6.92 Å². The molecule has 1 aromatic carbocycles. The van der Waals surface area contributed by atoms with Gasteiger partial charge in [-0.05, 0) is 37.3 Å². The minimum Gasteiger partial charge on any atom is -0.497 e. The molecule has 164 valence electrons. The number of aryl methyl sites for hydroxylation is 2. The van der Waals surface area contributed by atoms with Crippen molar-refractivity contribution in [1.82, 2.24) is 34.5 Å². The smallest absolute Gasteiger partial charge is 0.272 e. The predicted octanol–water partition coefficient (Wildman–Crippen LogP) is 1.80. The van der Waals surface area contributed by atoms with Crippen LogP contribution in [0.15, 0.2) is 42.5 Å². The number of fused-ring (bicyclic) bond motifs is 1. The number of likely N-dealkylation sites (N-methyl/N-ethyl adjacent to an activating group) is 1. The first kappa shape index (κ1) is 20.0. The Hall–Kier alpha value is -3.95. The quantitative estimate of drug-likeness (QED) is 0.475. The molecule has 4 aromatic rings. The molecule has 0 unspecified atom stereocenters. The lowest BCUT2D eigenvalue weighted by atomic mass is 10.1. The molecule has 1 aliphatic heterocycles. The molecule has 1 fully saturated rings. The number of hydrogen-bond donors (Lipinski definition) is 0. The molecule has 0 bridgehead atoms. The summed E-state index contributed by atoms with van der Waals surface area (Å²) < 4.78 is 8.66. The number of ether oxygens (including phenoxy) is 1. The van der Waals surface area contributed by atoms with Crippen LogP contribution >= 0.6 is 0 Å². The first-order chi connectivity index (χ1) is 15.4. The molecule has 0 atom stereocenters. The van der Waals surface area contributed by atoms with Crippen molar-refractivity contribution in [1.29, 1.82) is 0 Å². The second-order valence-electron chi connectivity index (χ2n) is 7.95. The number of methoxy groups -OCH3 is 1. The summed E-state index contributed by atoms with van der Waals surface area (Å²) in [5, 5.41) is 17.3. The van der Waals surface area contributed by atoms with Crippen molar-refractivity contribution < 1.29 is 9.53 Å². The molecule has 10 nitrogen and oxygen atoms in total. The Balaban J connectivity index is 1.29. The molecule has 3 aromatic heterocycles. The minimum absolute atomic E-state index is 0.0585. The molecule has 5 rings (SSSR count). The number of aromatic nitrogens is 6. The van der Waals surface area contributed by atoms with Gasteiger partial charge in [-0.15, -0.1) is 15.3 Å². The topological polar surface area (TPSA) is 93.7 Å². The van der Waals surface area contributed by atoms with Crippen molar-refractivity contribution in [3.63, 3.8) is 0 Å². The fourth-order valence-corrected chi connectivity index (χ4v) is 3.88. The summed E-state index contributed by atoms with van der Waals surface area (Å²) in [6.45, 7) is 3.29. The summed E-state index contributed by atoms with van der Waals surface area (Å²) in [6.07, 6.45) is 0. The van der Waals surface area contributed by atoms with Crippen LogP contribution in [0.4, 0.5) is 5.82 Å². The van der Waals surface area contributed by atoms with Crippen LogP contribution in [0.1, 0.15) is 16.3 Å². The van der Waals surface area contributed by atoms with Gasteiger partial charge in [0.15, 0.2) is 11.5 Å². The summed E-state index contributed by atoms with van der Waals surface area (Å²) in [7, 11) is 5.26. The molecule has 0 aliphatic carbocycles. The van der Waals surface area contributed by atoms with Gasteiger partial charge in [-0.25, -0.2) is 0 Å². The Morgan fingerprint density at radius 3 is 2.72 bits per heavy atom. The van der Waals surface area contributed by atoms with E-state index in [9.17, 15) is 4.79 Å². The molecule has 0 N–H and O–H groups in total. The van der Waals surface area contributed by atoms with Crippen LogP contribution in [0.2, 0.25) is 0 Å². The van der Waals surface area contributed by atoms with Crippen LogP contribution in [0.5, 0.6) is 5.75 Å². The van der Waals surface area contributed by atoms with Crippen LogP contribution in [-0.4, -0.2) is 73.7 Å². The number of carbonyl (C=O) groups excluding carboxylic acids is 1. The maximum Gasteiger partial charge on any atom is 0.272 e. The molecule has 32 heavy (non-hydrogen) atoms. The molecule has 4 heterocycles. The van der Waals surface area contributed by atoms with Crippen molar-refractivity contribution in [3.05, 3.63) is 54.0 Å². The summed E-state index contributed by atoms with van der Waals surface area (Å²) >= 11 is 0. The van der Waals surface area contributed by atoms with Crippen molar-refractivity contribution >= 4 is 17.4 Å². The highest BCUT2D eigenvalue weighted by Crippen LogP contribution is 2.26. The van der Waals surface area contributed by atoms with Crippen molar-refractivity contribution in [3.8, 4) is 17.0 Å². The SMILES string of the molecule is COc1cccc(-c2cc(C(=O)N(C)C3CN(c4ccc5nnc(C)n5n4)C3)n(C)n2)c1. The Labute approximate surface area is 185 Å². The number of anilines is 1. The van der Waals surface area contributed by atoms with Gasteiger partial charge in [-0.2, -0.15) is 9.61 Å². The standard InChI is InChI=1S/C22H24N8O2/c1-14-23-24-20-8-9-21(26-30(14)20)29-12-16(13-29)27(2)22(31)19-11-18(25-28(19)3)15-6-5-7-17(10-15)32-4/h5-11,16H,12-13H2,1-4H3. The first-order valence-corrected chi connectivity index (χ1v) is 10.3. The molecule has 0 radical (unpaired) electrons. The zero-order valence-electron chi connectivity index (χ0n) is 18.4. The van der Waals surface area contributed by atoms with Crippen LogP contribution in [0.3, 0.4) is 0 Å². The van der Waals surface area contributed by atoms with Gasteiger partial charge in [0.25, 0.3) is 5.91 Å². The van der Waals surface area contributed by atoms with Crippen molar-refractivity contribution in [2.45, 2.75) is 13.0 Å².